The first-order valence-electron chi connectivity index (χ1n) is 5.43. The van der Waals surface area contributed by atoms with Crippen LogP contribution in [0.4, 0.5) is 0 Å². The molecule has 0 spiro atoms. The molecule has 0 saturated heterocycles. The van der Waals surface area contributed by atoms with Gasteiger partial charge in [0.15, 0.2) is 0 Å². The predicted octanol–water partition coefficient (Wildman–Crippen LogP) is 0.126. The van der Waals surface area contributed by atoms with E-state index in [9.17, 15) is 13.5 Å². The Kier molecular flexibility index (Phi) is 4.51. The molecule has 0 aromatic carbocycles. The van der Waals surface area contributed by atoms with Crippen molar-refractivity contribution in [3.63, 3.8) is 0 Å². The van der Waals surface area contributed by atoms with E-state index in [-0.39, 0.29) is 6.61 Å². The van der Waals surface area contributed by atoms with Gasteiger partial charge in [0.2, 0.25) is 0 Å². The van der Waals surface area contributed by atoms with Gasteiger partial charge >= 0.3 is 0 Å². The monoisotopic (exact) mass is 236 g/mol. The summed E-state index contributed by atoms with van der Waals surface area (Å²) < 4.78 is 28.2. The first kappa shape index (κ1) is 12.9. The summed E-state index contributed by atoms with van der Waals surface area (Å²) >= 11 is 0. The third-order valence-electron chi connectivity index (χ3n) is 2.76. The molecule has 15 heavy (non-hydrogen) atoms. The Morgan fingerprint density at radius 1 is 1.33 bits per heavy atom. The molecule has 1 aliphatic carbocycles. The lowest BCUT2D eigenvalue weighted by Crippen LogP contribution is -2.53. The number of nitrogens with one attached hydrogen (secondary N) is 2. The minimum Gasteiger partial charge on any atom is -0.394 e. The summed E-state index contributed by atoms with van der Waals surface area (Å²) in [6.07, 6.45) is 4.13. The van der Waals surface area contributed by atoms with Crippen molar-refractivity contribution in [2.24, 2.45) is 0 Å². The first-order valence-corrected chi connectivity index (χ1v) is 6.91. The van der Waals surface area contributed by atoms with Crippen LogP contribution in [0.25, 0.3) is 0 Å². The molecule has 6 heteroatoms. The summed E-state index contributed by atoms with van der Waals surface area (Å²) in [4.78, 5) is 0. The SMILES string of the molecule is CCCNS(=O)(=O)NC1(CO)CCCC1. The fourth-order valence-electron chi connectivity index (χ4n) is 1.90. The van der Waals surface area contributed by atoms with E-state index in [0.717, 1.165) is 32.1 Å². The largest absolute Gasteiger partial charge is 0.394 e. The lowest BCUT2D eigenvalue weighted by molar-refractivity contribution is 0.185. The second kappa shape index (κ2) is 5.25. The molecule has 3 N–H and O–H groups in total. The number of aliphatic hydroxyl groups is 1. The highest BCUT2D eigenvalue weighted by Crippen LogP contribution is 2.29. The lowest BCUT2D eigenvalue weighted by atomic mass is 10.0. The van der Waals surface area contributed by atoms with Gasteiger partial charge < -0.3 is 5.11 Å². The molecule has 5 nitrogen and oxygen atoms in total. The fourth-order valence-corrected chi connectivity index (χ4v) is 3.29. The predicted molar refractivity (Wildman–Crippen MR) is 58.6 cm³/mol. The van der Waals surface area contributed by atoms with Gasteiger partial charge in [-0.1, -0.05) is 19.8 Å². The summed E-state index contributed by atoms with van der Waals surface area (Å²) in [6, 6.07) is 0. The molecule has 1 saturated carbocycles. The summed E-state index contributed by atoms with van der Waals surface area (Å²) in [5.74, 6) is 0. The number of rotatable bonds is 6. The Morgan fingerprint density at radius 3 is 2.40 bits per heavy atom. The van der Waals surface area contributed by atoms with E-state index in [2.05, 4.69) is 9.44 Å². The Balaban J connectivity index is 2.58. The van der Waals surface area contributed by atoms with Crippen molar-refractivity contribution in [2.75, 3.05) is 13.2 Å². The second-order valence-electron chi connectivity index (χ2n) is 4.15. The van der Waals surface area contributed by atoms with Crippen LogP contribution in [-0.2, 0) is 10.2 Å². The van der Waals surface area contributed by atoms with Crippen LogP contribution in [0.5, 0.6) is 0 Å². The summed E-state index contributed by atoms with van der Waals surface area (Å²) in [7, 11) is -3.46. The van der Waals surface area contributed by atoms with Crippen molar-refractivity contribution in [1.29, 1.82) is 0 Å². The smallest absolute Gasteiger partial charge is 0.277 e. The zero-order valence-electron chi connectivity index (χ0n) is 9.12. The molecule has 1 aliphatic rings. The normalized spacial score (nSPS) is 20.7. The van der Waals surface area contributed by atoms with E-state index in [1.54, 1.807) is 0 Å². The molecule has 0 unspecified atom stereocenters. The number of hydrogen-bond donors (Lipinski definition) is 3. The zero-order valence-corrected chi connectivity index (χ0v) is 9.94. The molecule has 0 atom stereocenters. The molecule has 0 aliphatic heterocycles. The standard InChI is InChI=1S/C9H20N2O3S/c1-2-7-10-15(13,14)11-9(8-12)5-3-4-6-9/h10-12H,2-8H2,1H3. The van der Waals surface area contributed by atoms with Crippen LogP contribution < -0.4 is 9.44 Å². The molecule has 90 valence electrons. The zero-order chi connectivity index (χ0) is 11.4. The highest BCUT2D eigenvalue weighted by atomic mass is 32.2. The highest BCUT2D eigenvalue weighted by molar-refractivity contribution is 7.87. The van der Waals surface area contributed by atoms with Crippen LogP contribution in [0, 0.1) is 0 Å². The van der Waals surface area contributed by atoms with Crippen molar-refractivity contribution in [3.8, 4) is 0 Å². The highest BCUT2D eigenvalue weighted by Gasteiger charge is 2.36. The molecule has 0 amide bonds. The van der Waals surface area contributed by atoms with E-state index < -0.39 is 15.7 Å². The fraction of sp³-hybridized carbons (Fsp3) is 1.00. The Hall–Kier alpha value is -0.170. The number of hydrogen-bond acceptors (Lipinski definition) is 3. The van der Waals surface area contributed by atoms with Gasteiger partial charge in [0.05, 0.1) is 12.1 Å². The molecular formula is C9H20N2O3S. The molecule has 0 heterocycles. The average molecular weight is 236 g/mol. The van der Waals surface area contributed by atoms with Gasteiger partial charge in [-0.05, 0) is 19.3 Å². The van der Waals surface area contributed by atoms with E-state index in [1.165, 1.54) is 0 Å². The van der Waals surface area contributed by atoms with Gasteiger partial charge in [0, 0.05) is 6.54 Å². The van der Waals surface area contributed by atoms with E-state index in [4.69, 9.17) is 0 Å². The van der Waals surface area contributed by atoms with Crippen molar-refractivity contribution in [3.05, 3.63) is 0 Å². The third-order valence-corrected chi connectivity index (χ3v) is 4.04. The van der Waals surface area contributed by atoms with Crippen LogP contribution >= 0.6 is 0 Å². The van der Waals surface area contributed by atoms with Gasteiger partial charge in [0.1, 0.15) is 0 Å². The quantitative estimate of drug-likeness (QED) is 0.613. The van der Waals surface area contributed by atoms with Crippen LogP contribution in [0.3, 0.4) is 0 Å². The first-order chi connectivity index (χ1) is 7.04. The maximum absolute atomic E-state index is 11.6. The Morgan fingerprint density at radius 2 is 1.93 bits per heavy atom. The topological polar surface area (TPSA) is 78.4 Å². The van der Waals surface area contributed by atoms with Crippen molar-refractivity contribution >= 4 is 10.2 Å². The van der Waals surface area contributed by atoms with Gasteiger partial charge in [-0.3, -0.25) is 0 Å². The summed E-state index contributed by atoms with van der Waals surface area (Å²) in [5.41, 5.74) is -0.625. The van der Waals surface area contributed by atoms with Gasteiger partial charge in [0.25, 0.3) is 10.2 Å². The van der Waals surface area contributed by atoms with Gasteiger partial charge in [-0.2, -0.15) is 13.1 Å². The van der Waals surface area contributed by atoms with E-state index in [1.807, 2.05) is 6.92 Å². The van der Waals surface area contributed by atoms with Crippen molar-refractivity contribution in [2.45, 2.75) is 44.6 Å². The molecular weight excluding hydrogens is 216 g/mol. The van der Waals surface area contributed by atoms with E-state index in [0.29, 0.717) is 6.54 Å². The average Bonchev–Trinajstić information content (AvgIpc) is 2.63. The molecule has 0 aromatic heterocycles. The van der Waals surface area contributed by atoms with Crippen LogP contribution in [0.1, 0.15) is 39.0 Å². The molecule has 1 fully saturated rings. The van der Waals surface area contributed by atoms with Crippen LogP contribution in [0.2, 0.25) is 0 Å². The van der Waals surface area contributed by atoms with Gasteiger partial charge in [-0.25, -0.2) is 4.72 Å². The molecule has 0 radical (unpaired) electrons. The molecule has 0 aromatic rings. The van der Waals surface area contributed by atoms with Crippen LogP contribution in [-0.4, -0.2) is 32.2 Å². The summed E-state index contributed by atoms with van der Waals surface area (Å²) in [6.45, 7) is 2.21. The second-order valence-corrected chi connectivity index (χ2v) is 5.65. The Labute approximate surface area is 91.4 Å². The maximum Gasteiger partial charge on any atom is 0.277 e. The molecule has 0 bridgehead atoms. The number of aliphatic hydroxyl groups excluding tert-OH is 1. The van der Waals surface area contributed by atoms with Crippen LogP contribution in [0.15, 0.2) is 0 Å². The van der Waals surface area contributed by atoms with Crippen molar-refractivity contribution < 1.29 is 13.5 Å². The van der Waals surface area contributed by atoms with Crippen molar-refractivity contribution in [1.82, 2.24) is 9.44 Å². The minimum absolute atomic E-state index is 0.125. The molecule has 1 rings (SSSR count). The van der Waals surface area contributed by atoms with Gasteiger partial charge in [-0.15, -0.1) is 0 Å². The Bertz CT molecular complexity index is 284. The lowest BCUT2D eigenvalue weighted by Gasteiger charge is -2.27. The third kappa shape index (κ3) is 3.71. The minimum atomic E-state index is -3.46. The maximum atomic E-state index is 11.6. The summed E-state index contributed by atoms with van der Waals surface area (Å²) in [5, 5.41) is 9.25. The van der Waals surface area contributed by atoms with E-state index >= 15 is 0 Å².